The van der Waals surface area contributed by atoms with Crippen LogP contribution in [0.5, 0.6) is 5.75 Å². The lowest BCUT2D eigenvalue weighted by molar-refractivity contribution is 0.413. The molecule has 2 heterocycles. The normalized spacial score (nSPS) is 19.1. The van der Waals surface area contributed by atoms with Crippen molar-refractivity contribution in [2.75, 3.05) is 18.2 Å². The van der Waals surface area contributed by atoms with E-state index >= 15 is 0 Å². The number of rotatable bonds is 3. The van der Waals surface area contributed by atoms with Crippen molar-refractivity contribution in [3.05, 3.63) is 65.5 Å². The van der Waals surface area contributed by atoms with Gasteiger partial charge in [-0.3, -0.25) is 0 Å². The van der Waals surface area contributed by atoms with Crippen molar-refractivity contribution >= 4 is 11.9 Å². The van der Waals surface area contributed by atoms with Gasteiger partial charge in [0.1, 0.15) is 11.6 Å². The van der Waals surface area contributed by atoms with E-state index in [-0.39, 0.29) is 23.8 Å². The van der Waals surface area contributed by atoms with Crippen LogP contribution in [-0.4, -0.2) is 21.9 Å². The number of hydrogen-bond donors (Lipinski definition) is 2. The van der Waals surface area contributed by atoms with Gasteiger partial charge in [-0.25, -0.2) is 9.07 Å². The van der Waals surface area contributed by atoms with Crippen molar-refractivity contribution in [2.45, 2.75) is 18.5 Å². The van der Waals surface area contributed by atoms with Crippen LogP contribution in [-0.2, 0) is 0 Å². The topological polar surface area (TPSA) is 78.0 Å². The largest absolute Gasteiger partial charge is 0.497 e. The maximum atomic E-state index is 13.3. The minimum atomic E-state index is -0.261. The summed E-state index contributed by atoms with van der Waals surface area (Å²) < 4.78 is 20.3. The molecule has 0 amide bonds. The predicted molar refractivity (Wildman–Crippen MR) is 92.9 cm³/mol. The Morgan fingerprint density at radius 2 is 1.80 bits per heavy atom. The number of ether oxygens (including phenoxy) is 1. The molecular weight excluding hydrogens is 321 g/mol. The number of benzene rings is 2. The first-order valence-corrected chi connectivity index (χ1v) is 8.02. The molecule has 0 spiro atoms. The third-order valence-electron chi connectivity index (χ3n) is 4.48. The summed E-state index contributed by atoms with van der Waals surface area (Å²) in [5.74, 6) is 1.37. The highest BCUT2D eigenvalue weighted by atomic mass is 19.1. The summed E-state index contributed by atoms with van der Waals surface area (Å²) in [6.07, 6.45) is 0.744. The molecule has 6 nitrogen and oxygen atoms in total. The highest BCUT2D eigenvalue weighted by molar-refractivity contribution is 5.42. The maximum absolute atomic E-state index is 13.3. The van der Waals surface area contributed by atoms with Gasteiger partial charge >= 0.3 is 0 Å². The Hall–Kier alpha value is -3.09. The molecule has 128 valence electrons. The van der Waals surface area contributed by atoms with Gasteiger partial charge in [-0.15, -0.1) is 5.10 Å². The number of nitrogens with two attached hydrogens (primary N) is 1. The fourth-order valence-electron chi connectivity index (χ4n) is 3.21. The number of fused-ring (bicyclic) bond motifs is 1. The molecule has 1 aliphatic rings. The Morgan fingerprint density at radius 1 is 1.12 bits per heavy atom. The average molecular weight is 339 g/mol. The summed E-state index contributed by atoms with van der Waals surface area (Å²) in [5, 5.41) is 7.67. The molecule has 0 radical (unpaired) electrons. The Labute approximate surface area is 144 Å². The third kappa shape index (κ3) is 2.88. The number of nitrogen functional groups attached to an aromatic ring is 1. The van der Waals surface area contributed by atoms with Gasteiger partial charge in [0.25, 0.3) is 0 Å². The molecule has 2 unspecified atom stereocenters. The van der Waals surface area contributed by atoms with Crippen LogP contribution in [0.25, 0.3) is 0 Å². The quantitative estimate of drug-likeness (QED) is 0.766. The SMILES string of the molecule is COc1ccc(C2CC(c3ccc(F)cc3)n3nc(N)nc3N2)cc1. The number of hydrogen-bond acceptors (Lipinski definition) is 5. The molecule has 2 aromatic carbocycles. The second kappa shape index (κ2) is 6.08. The number of nitrogens with zero attached hydrogens (tertiary/aromatic N) is 3. The third-order valence-corrected chi connectivity index (χ3v) is 4.48. The van der Waals surface area contributed by atoms with Crippen LogP contribution >= 0.6 is 0 Å². The summed E-state index contributed by atoms with van der Waals surface area (Å²) >= 11 is 0. The predicted octanol–water partition coefficient (Wildman–Crippen LogP) is 3.15. The van der Waals surface area contributed by atoms with Gasteiger partial charge in [0.05, 0.1) is 19.2 Å². The maximum Gasteiger partial charge on any atom is 0.241 e. The first-order valence-electron chi connectivity index (χ1n) is 8.02. The lowest BCUT2D eigenvalue weighted by Gasteiger charge is -2.31. The fourth-order valence-corrected chi connectivity index (χ4v) is 3.21. The summed E-state index contributed by atoms with van der Waals surface area (Å²) in [5.41, 5.74) is 7.86. The minimum Gasteiger partial charge on any atom is -0.497 e. The molecule has 2 atom stereocenters. The number of methoxy groups -OCH3 is 1. The second-order valence-electron chi connectivity index (χ2n) is 6.01. The van der Waals surface area contributed by atoms with E-state index in [0.717, 1.165) is 23.3 Å². The van der Waals surface area contributed by atoms with Crippen molar-refractivity contribution in [3.63, 3.8) is 0 Å². The lowest BCUT2D eigenvalue weighted by Crippen LogP contribution is -2.28. The molecule has 1 aromatic heterocycles. The highest BCUT2D eigenvalue weighted by Crippen LogP contribution is 2.38. The second-order valence-corrected chi connectivity index (χ2v) is 6.01. The molecule has 3 N–H and O–H groups in total. The fraction of sp³-hybridized carbons (Fsp3) is 0.222. The Bertz CT molecular complexity index is 875. The zero-order valence-corrected chi connectivity index (χ0v) is 13.7. The van der Waals surface area contributed by atoms with Crippen LogP contribution in [0.4, 0.5) is 16.3 Å². The van der Waals surface area contributed by atoms with E-state index in [1.807, 2.05) is 24.3 Å². The first kappa shape index (κ1) is 15.4. The van der Waals surface area contributed by atoms with Crippen LogP contribution < -0.4 is 15.8 Å². The van der Waals surface area contributed by atoms with Crippen LogP contribution in [0, 0.1) is 5.82 Å². The van der Waals surface area contributed by atoms with Gasteiger partial charge in [-0.05, 0) is 41.8 Å². The molecule has 1 aliphatic heterocycles. The van der Waals surface area contributed by atoms with E-state index in [2.05, 4.69) is 15.4 Å². The molecule has 3 aromatic rings. The number of nitrogens with one attached hydrogen (secondary N) is 1. The minimum absolute atomic E-state index is 0.0389. The van der Waals surface area contributed by atoms with Gasteiger partial charge in [0.15, 0.2) is 0 Å². The molecule has 0 saturated heterocycles. The molecule has 0 saturated carbocycles. The van der Waals surface area contributed by atoms with Gasteiger partial charge in [0, 0.05) is 0 Å². The monoisotopic (exact) mass is 339 g/mol. The van der Waals surface area contributed by atoms with E-state index < -0.39 is 0 Å². The molecule has 4 rings (SSSR count). The van der Waals surface area contributed by atoms with E-state index in [1.165, 1.54) is 12.1 Å². The van der Waals surface area contributed by atoms with Crippen LogP contribution in [0.1, 0.15) is 29.6 Å². The van der Waals surface area contributed by atoms with Crippen LogP contribution in [0.15, 0.2) is 48.5 Å². The Kier molecular flexibility index (Phi) is 3.76. The van der Waals surface area contributed by atoms with Crippen molar-refractivity contribution < 1.29 is 9.13 Å². The van der Waals surface area contributed by atoms with Gasteiger partial charge < -0.3 is 15.8 Å². The van der Waals surface area contributed by atoms with Crippen molar-refractivity contribution in [2.24, 2.45) is 0 Å². The molecule has 25 heavy (non-hydrogen) atoms. The number of aromatic nitrogens is 3. The van der Waals surface area contributed by atoms with Crippen LogP contribution in [0.3, 0.4) is 0 Å². The zero-order chi connectivity index (χ0) is 17.4. The van der Waals surface area contributed by atoms with Crippen molar-refractivity contribution in [3.8, 4) is 5.75 Å². The molecule has 7 heteroatoms. The number of anilines is 2. The van der Waals surface area contributed by atoms with Gasteiger partial charge in [-0.1, -0.05) is 24.3 Å². The molecular formula is C18H18FN5O. The van der Waals surface area contributed by atoms with E-state index in [0.29, 0.717) is 5.95 Å². The van der Waals surface area contributed by atoms with Gasteiger partial charge in [0.2, 0.25) is 11.9 Å². The number of halogens is 1. The summed E-state index contributed by atoms with van der Waals surface area (Å²) in [7, 11) is 1.64. The summed E-state index contributed by atoms with van der Waals surface area (Å²) in [6.45, 7) is 0. The highest BCUT2D eigenvalue weighted by Gasteiger charge is 2.30. The Balaban J connectivity index is 1.71. The summed E-state index contributed by atoms with van der Waals surface area (Å²) in [6, 6.07) is 14.3. The Morgan fingerprint density at radius 3 is 2.48 bits per heavy atom. The lowest BCUT2D eigenvalue weighted by atomic mass is 9.93. The van der Waals surface area contributed by atoms with Crippen LogP contribution in [0.2, 0.25) is 0 Å². The first-order chi connectivity index (χ1) is 12.1. The van der Waals surface area contributed by atoms with Gasteiger partial charge in [-0.2, -0.15) is 4.98 Å². The standard InChI is InChI=1S/C18H18FN5O/c1-25-14-8-4-11(5-9-14)15-10-16(12-2-6-13(19)7-3-12)24-18(21-15)22-17(20)23-24/h2-9,15-16H,10H2,1H3,(H3,20,21,22,23). The van der Waals surface area contributed by atoms with E-state index in [1.54, 1.807) is 23.9 Å². The summed E-state index contributed by atoms with van der Waals surface area (Å²) in [4.78, 5) is 4.27. The van der Waals surface area contributed by atoms with E-state index in [4.69, 9.17) is 10.5 Å². The molecule has 0 fully saturated rings. The molecule has 0 bridgehead atoms. The zero-order valence-electron chi connectivity index (χ0n) is 13.7. The average Bonchev–Trinajstić information content (AvgIpc) is 3.02. The van der Waals surface area contributed by atoms with Crippen molar-refractivity contribution in [1.82, 2.24) is 14.8 Å². The molecule has 0 aliphatic carbocycles. The van der Waals surface area contributed by atoms with Crippen molar-refractivity contribution in [1.29, 1.82) is 0 Å². The van der Waals surface area contributed by atoms with E-state index in [9.17, 15) is 4.39 Å². The smallest absolute Gasteiger partial charge is 0.241 e.